The van der Waals surface area contributed by atoms with Crippen molar-refractivity contribution in [2.45, 2.75) is 6.42 Å². The first kappa shape index (κ1) is 16.4. The van der Waals surface area contributed by atoms with E-state index >= 15 is 0 Å². The number of hydrogen-bond acceptors (Lipinski definition) is 5. The fourth-order valence-corrected chi connectivity index (χ4v) is 1.48. The molecule has 0 spiro atoms. The van der Waals surface area contributed by atoms with Gasteiger partial charge in [0.1, 0.15) is 19.0 Å². The Hall–Kier alpha value is -1.63. The predicted molar refractivity (Wildman–Crippen MR) is 76.9 cm³/mol. The number of nitrogens with two attached hydrogens (primary N) is 1. The van der Waals surface area contributed by atoms with Crippen LogP contribution >= 0.6 is 0 Å². The lowest BCUT2D eigenvalue weighted by Crippen LogP contribution is -2.19. The molecule has 0 fully saturated rings. The Labute approximate surface area is 119 Å². The third kappa shape index (κ3) is 7.08. The van der Waals surface area contributed by atoms with Gasteiger partial charge in [-0.2, -0.15) is 0 Å². The summed E-state index contributed by atoms with van der Waals surface area (Å²) >= 11 is 0. The lowest BCUT2D eigenvalue weighted by molar-refractivity contribution is -0.120. The van der Waals surface area contributed by atoms with Crippen molar-refractivity contribution in [1.29, 1.82) is 0 Å². The summed E-state index contributed by atoms with van der Waals surface area (Å²) in [5.74, 6) is 0.544. The van der Waals surface area contributed by atoms with E-state index in [2.05, 4.69) is 5.32 Å². The van der Waals surface area contributed by atoms with Crippen molar-refractivity contribution in [3.05, 3.63) is 24.3 Å². The molecular weight excluding hydrogens is 260 g/mol. The van der Waals surface area contributed by atoms with Crippen molar-refractivity contribution in [1.82, 2.24) is 0 Å². The molecule has 0 unspecified atom stereocenters. The van der Waals surface area contributed by atoms with Crippen molar-refractivity contribution in [3.8, 4) is 5.75 Å². The number of nitrogens with one attached hydrogen (secondary N) is 1. The van der Waals surface area contributed by atoms with E-state index in [1.807, 2.05) is 0 Å². The van der Waals surface area contributed by atoms with Crippen molar-refractivity contribution in [3.63, 3.8) is 0 Å². The van der Waals surface area contributed by atoms with Gasteiger partial charge in [0, 0.05) is 32.6 Å². The summed E-state index contributed by atoms with van der Waals surface area (Å²) < 4.78 is 15.4. The lowest BCUT2D eigenvalue weighted by atomic mass is 10.3. The van der Waals surface area contributed by atoms with E-state index < -0.39 is 0 Å². The van der Waals surface area contributed by atoms with Gasteiger partial charge < -0.3 is 25.3 Å². The van der Waals surface area contributed by atoms with Gasteiger partial charge in [-0.25, -0.2) is 0 Å². The average molecular weight is 282 g/mol. The van der Waals surface area contributed by atoms with E-state index in [9.17, 15) is 4.79 Å². The molecule has 0 saturated carbocycles. The van der Waals surface area contributed by atoms with Crippen LogP contribution in [0.25, 0.3) is 0 Å². The first-order valence-corrected chi connectivity index (χ1v) is 6.55. The van der Waals surface area contributed by atoms with Crippen LogP contribution in [-0.2, 0) is 14.3 Å². The van der Waals surface area contributed by atoms with E-state index in [0.29, 0.717) is 32.1 Å². The standard InChI is InChI=1S/C14H22N2O4/c1-18-8-2-9-19-11-14(17)16-12-3-5-13(6-4-12)20-10-7-15/h3-6H,2,7-11,15H2,1H3,(H,16,17). The van der Waals surface area contributed by atoms with Gasteiger partial charge in [0.05, 0.1) is 0 Å². The molecular formula is C14H22N2O4. The summed E-state index contributed by atoms with van der Waals surface area (Å²) in [6, 6.07) is 7.11. The highest BCUT2D eigenvalue weighted by atomic mass is 16.5. The van der Waals surface area contributed by atoms with Gasteiger partial charge in [0.25, 0.3) is 0 Å². The minimum absolute atomic E-state index is 0.0368. The maximum absolute atomic E-state index is 11.6. The Balaban J connectivity index is 2.24. The molecule has 1 aromatic rings. The highest BCUT2D eigenvalue weighted by Crippen LogP contribution is 2.15. The molecule has 6 heteroatoms. The second kappa shape index (κ2) is 10.2. The lowest BCUT2D eigenvalue weighted by Gasteiger charge is -2.08. The Morgan fingerprint density at radius 3 is 2.60 bits per heavy atom. The first-order valence-electron chi connectivity index (χ1n) is 6.55. The van der Waals surface area contributed by atoms with Crippen molar-refractivity contribution < 1.29 is 19.0 Å². The molecule has 0 aliphatic heterocycles. The van der Waals surface area contributed by atoms with E-state index in [4.69, 9.17) is 19.9 Å². The van der Waals surface area contributed by atoms with Crippen LogP contribution in [0.15, 0.2) is 24.3 Å². The van der Waals surface area contributed by atoms with Gasteiger partial charge in [-0.1, -0.05) is 0 Å². The minimum atomic E-state index is -0.182. The van der Waals surface area contributed by atoms with Gasteiger partial charge in [0.2, 0.25) is 5.91 Å². The summed E-state index contributed by atoms with van der Waals surface area (Å²) in [6.07, 6.45) is 0.775. The first-order chi connectivity index (χ1) is 9.76. The van der Waals surface area contributed by atoms with E-state index in [1.165, 1.54) is 0 Å². The molecule has 6 nitrogen and oxygen atoms in total. The largest absolute Gasteiger partial charge is 0.492 e. The number of carbonyl (C=O) groups is 1. The van der Waals surface area contributed by atoms with Crippen LogP contribution in [0.5, 0.6) is 5.75 Å². The van der Waals surface area contributed by atoms with E-state index in [0.717, 1.165) is 12.2 Å². The summed E-state index contributed by atoms with van der Waals surface area (Å²) in [7, 11) is 1.63. The molecule has 0 heterocycles. The summed E-state index contributed by atoms with van der Waals surface area (Å²) in [5.41, 5.74) is 6.05. The van der Waals surface area contributed by atoms with E-state index in [-0.39, 0.29) is 12.5 Å². The van der Waals surface area contributed by atoms with Gasteiger partial charge in [0.15, 0.2) is 0 Å². The molecule has 0 saturated heterocycles. The Morgan fingerprint density at radius 1 is 1.20 bits per heavy atom. The maximum atomic E-state index is 11.6. The van der Waals surface area contributed by atoms with Gasteiger partial charge >= 0.3 is 0 Å². The van der Waals surface area contributed by atoms with Crippen molar-refractivity contribution in [2.75, 3.05) is 45.4 Å². The third-order valence-electron chi connectivity index (χ3n) is 2.39. The van der Waals surface area contributed by atoms with Crippen LogP contribution in [0.2, 0.25) is 0 Å². The molecule has 112 valence electrons. The van der Waals surface area contributed by atoms with Crippen LogP contribution in [0.4, 0.5) is 5.69 Å². The summed E-state index contributed by atoms with van der Waals surface area (Å²) in [6.45, 7) is 2.12. The Bertz CT molecular complexity index is 381. The van der Waals surface area contributed by atoms with Crippen LogP contribution < -0.4 is 15.8 Å². The van der Waals surface area contributed by atoms with Crippen molar-refractivity contribution in [2.24, 2.45) is 5.73 Å². The second-order valence-electron chi connectivity index (χ2n) is 4.11. The van der Waals surface area contributed by atoms with Crippen LogP contribution in [0.1, 0.15) is 6.42 Å². The summed E-state index contributed by atoms with van der Waals surface area (Å²) in [5, 5.41) is 2.74. The summed E-state index contributed by atoms with van der Waals surface area (Å²) in [4.78, 5) is 11.6. The predicted octanol–water partition coefficient (Wildman–Crippen LogP) is 1.02. The molecule has 20 heavy (non-hydrogen) atoms. The molecule has 0 aromatic heterocycles. The molecule has 0 aliphatic carbocycles. The number of benzene rings is 1. The minimum Gasteiger partial charge on any atom is -0.492 e. The van der Waals surface area contributed by atoms with E-state index in [1.54, 1.807) is 31.4 Å². The molecule has 3 N–H and O–H groups in total. The Morgan fingerprint density at radius 2 is 1.95 bits per heavy atom. The normalized spacial score (nSPS) is 10.3. The number of anilines is 1. The fraction of sp³-hybridized carbons (Fsp3) is 0.500. The molecule has 0 aliphatic rings. The number of ether oxygens (including phenoxy) is 3. The number of methoxy groups -OCH3 is 1. The highest BCUT2D eigenvalue weighted by molar-refractivity contribution is 5.91. The number of carbonyl (C=O) groups excluding carboxylic acids is 1. The van der Waals surface area contributed by atoms with Crippen molar-refractivity contribution >= 4 is 11.6 Å². The second-order valence-corrected chi connectivity index (χ2v) is 4.11. The van der Waals surface area contributed by atoms with Crippen LogP contribution in [-0.4, -0.2) is 46.0 Å². The quantitative estimate of drug-likeness (QED) is 0.626. The zero-order valence-electron chi connectivity index (χ0n) is 11.8. The molecule has 1 amide bonds. The Kier molecular flexibility index (Phi) is 8.37. The van der Waals surface area contributed by atoms with Crippen LogP contribution in [0.3, 0.4) is 0 Å². The molecule has 0 radical (unpaired) electrons. The topological polar surface area (TPSA) is 82.8 Å². The molecule has 1 aromatic carbocycles. The SMILES string of the molecule is COCCCOCC(=O)Nc1ccc(OCCN)cc1. The third-order valence-corrected chi connectivity index (χ3v) is 2.39. The maximum Gasteiger partial charge on any atom is 0.250 e. The fourth-order valence-electron chi connectivity index (χ4n) is 1.48. The number of amides is 1. The van der Waals surface area contributed by atoms with Gasteiger partial charge in [-0.05, 0) is 30.7 Å². The molecule has 1 rings (SSSR count). The number of rotatable bonds is 10. The zero-order valence-corrected chi connectivity index (χ0v) is 11.8. The van der Waals surface area contributed by atoms with Gasteiger partial charge in [-0.15, -0.1) is 0 Å². The molecule has 0 atom stereocenters. The molecule has 0 bridgehead atoms. The van der Waals surface area contributed by atoms with Crippen LogP contribution in [0, 0.1) is 0 Å². The zero-order chi connectivity index (χ0) is 14.6. The van der Waals surface area contributed by atoms with Gasteiger partial charge in [-0.3, -0.25) is 4.79 Å². The smallest absolute Gasteiger partial charge is 0.250 e. The highest BCUT2D eigenvalue weighted by Gasteiger charge is 2.02. The number of hydrogen-bond donors (Lipinski definition) is 2. The monoisotopic (exact) mass is 282 g/mol. The average Bonchev–Trinajstić information content (AvgIpc) is 2.46.